The van der Waals surface area contributed by atoms with Gasteiger partial charge in [0.05, 0.1) is 0 Å². The molecule has 1 fully saturated rings. The molecule has 180 valence electrons. The Hall–Kier alpha value is -1.11. The molecule has 1 unspecified atom stereocenters. The van der Waals surface area contributed by atoms with E-state index in [1.165, 1.54) is 102 Å². The molecule has 2 aliphatic carbocycles. The smallest absolute Gasteiger partial charge is 0.126 e. The van der Waals surface area contributed by atoms with Crippen molar-refractivity contribution >= 4 is 0 Å². The van der Waals surface area contributed by atoms with Gasteiger partial charge in [0.1, 0.15) is 5.82 Å². The normalized spacial score (nSPS) is 19.5. The lowest BCUT2D eigenvalue weighted by Gasteiger charge is -2.39. The first-order valence-corrected chi connectivity index (χ1v) is 14.1. The molecule has 0 spiro atoms. The highest BCUT2D eigenvalue weighted by Crippen LogP contribution is 2.47. The van der Waals surface area contributed by atoms with E-state index >= 15 is 0 Å². The third-order valence-electron chi connectivity index (χ3n) is 8.49. The van der Waals surface area contributed by atoms with Crippen molar-refractivity contribution in [3.05, 3.63) is 46.8 Å². The Morgan fingerprint density at radius 2 is 1.72 bits per heavy atom. The average molecular weight is 441 g/mol. The van der Waals surface area contributed by atoms with Gasteiger partial charge in [-0.2, -0.15) is 0 Å². The van der Waals surface area contributed by atoms with Crippen LogP contribution >= 0.6 is 0 Å². The van der Waals surface area contributed by atoms with Crippen LogP contribution in [0.4, 0.5) is 4.39 Å². The number of halogens is 1. The maximum atomic E-state index is 15.0. The van der Waals surface area contributed by atoms with Crippen molar-refractivity contribution in [3.8, 4) is 0 Å². The standard InChI is InChI=1S/C31H49F/c1-3-5-11-20-31(21-12-8-13-22-31)23-19-29(24-26-14-9-7-10-15-26)28-18-17-27(16-6-4-2)30(32)25-28/h14,17-18,25,29H,3-13,15-16,19-24H2,1-2H3. The van der Waals surface area contributed by atoms with Crippen LogP contribution in [-0.4, -0.2) is 0 Å². The molecule has 0 heterocycles. The minimum absolute atomic E-state index is 0.0360. The van der Waals surface area contributed by atoms with E-state index in [9.17, 15) is 4.39 Å². The van der Waals surface area contributed by atoms with Crippen LogP contribution in [0.2, 0.25) is 0 Å². The number of allylic oxidation sites excluding steroid dienone is 2. The van der Waals surface area contributed by atoms with Crippen LogP contribution in [0.5, 0.6) is 0 Å². The summed E-state index contributed by atoms with van der Waals surface area (Å²) >= 11 is 0. The number of rotatable bonds is 13. The minimum atomic E-state index is 0.0360. The first-order valence-electron chi connectivity index (χ1n) is 14.1. The lowest BCUT2D eigenvalue weighted by Crippen LogP contribution is -2.25. The van der Waals surface area contributed by atoms with Crippen LogP contribution in [0.3, 0.4) is 0 Å². The zero-order valence-electron chi connectivity index (χ0n) is 21.2. The molecule has 1 saturated carbocycles. The topological polar surface area (TPSA) is 0 Å². The summed E-state index contributed by atoms with van der Waals surface area (Å²) in [5.41, 5.74) is 4.37. The highest BCUT2D eigenvalue weighted by Gasteiger charge is 2.32. The highest BCUT2D eigenvalue weighted by molar-refractivity contribution is 5.29. The maximum absolute atomic E-state index is 15.0. The minimum Gasteiger partial charge on any atom is -0.207 e. The highest BCUT2D eigenvalue weighted by atomic mass is 19.1. The van der Waals surface area contributed by atoms with Gasteiger partial charge >= 0.3 is 0 Å². The average Bonchev–Trinajstić information content (AvgIpc) is 2.82. The number of hydrogen-bond donors (Lipinski definition) is 0. The summed E-state index contributed by atoms with van der Waals surface area (Å²) in [6.45, 7) is 4.50. The van der Waals surface area contributed by atoms with Crippen molar-refractivity contribution in [2.24, 2.45) is 5.41 Å². The van der Waals surface area contributed by atoms with Crippen LogP contribution in [0.1, 0.15) is 146 Å². The molecule has 0 N–H and O–H groups in total. The Kier molecular flexibility index (Phi) is 10.8. The van der Waals surface area contributed by atoms with E-state index < -0.39 is 0 Å². The predicted octanol–water partition coefficient (Wildman–Crippen LogP) is 10.5. The summed E-state index contributed by atoms with van der Waals surface area (Å²) in [6.07, 6.45) is 27.1. The summed E-state index contributed by atoms with van der Waals surface area (Å²) in [7, 11) is 0. The zero-order chi connectivity index (χ0) is 22.7. The van der Waals surface area contributed by atoms with Crippen molar-refractivity contribution < 1.29 is 4.39 Å². The molecule has 1 aromatic rings. The monoisotopic (exact) mass is 440 g/mol. The molecule has 0 radical (unpaired) electrons. The van der Waals surface area contributed by atoms with Crippen molar-refractivity contribution in [3.63, 3.8) is 0 Å². The molecule has 0 nitrogen and oxygen atoms in total. The third-order valence-corrected chi connectivity index (χ3v) is 8.49. The second-order valence-electron chi connectivity index (χ2n) is 11.0. The van der Waals surface area contributed by atoms with Gasteiger partial charge in [-0.25, -0.2) is 4.39 Å². The Labute approximate surface area is 198 Å². The van der Waals surface area contributed by atoms with Crippen LogP contribution in [0.25, 0.3) is 0 Å². The van der Waals surface area contributed by atoms with E-state index in [4.69, 9.17) is 0 Å². The molecule has 3 rings (SSSR count). The van der Waals surface area contributed by atoms with Gasteiger partial charge in [-0.15, -0.1) is 0 Å². The maximum Gasteiger partial charge on any atom is 0.126 e. The van der Waals surface area contributed by atoms with Gasteiger partial charge in [0.15, 0.2) is 0 Å². The second-order valence-corrected chi connectivity index (χ2v) is 11.0. The lowest BCUT2D eigenvalue weighted by molar-refractivity contribution is 0.144. The largest absolute Gasteiger partial charge is 0.207 e. The van der Waals surface area contributed by atoms with E-state index in [-0.39, 0.29) is 5.82 Å². The molecular formula is C31H49F. The molecule has 1 aromatic carbocycles. The molecule has 0 saturated heterocycles. The first kappa shape index (κ1) is 25.5. The fraction of sp³-hybridized carbons (Fsp3) is 0.742. The molecule has 2 aliphatic rings. The molecule has 1 atom stereocenters. The molecule has 32 heavy (non-hydrogen) atoms. The number of aryl methyl sites for hydroxylation is 1. The Balaban J connectivity index is 1.74. The Bertz CT molecular complexity index is 694. The van der Waals surface area contributed by atoms with Crippen LogP contribution < -0.4 is 0 Å². The van der Waals surface area contributed by atoms with Crippen molar-refractivity contribution in [2.75, 3.05) is 0 Å². The first-order chi connectivity index (χ1) is 15.7. The van der Waals surface area contributed by atoms with Gasteiger partial charge in [0.2, 0.25) is 0 Å². The second kappa shape index (κ2) is 13.6. The van der Waals surface area contributed by atoms with Gasteiger partial charge in [-0.3, -0.25) is 0 Å². The van der Waals surface area contributed by atoms with Crippen molar-refractivity contribution in [1.29, 1.82) is 0 Å². The fourth-order valence-electron chi connectivity index (χ4n) is 6.34. The molecule has 0 amide bonds. The number of unbranched alkanes of at least 4 members (excludes halogenated alkanes) is 3. The molecule has 1 heteroatoms. The third kappa shape index (κ3) is 7.74. The van der Waals surface area contributed by atoms with E-state index in [1.54, 1.807) is 5.57 Å². The predicted molar refractivity (Wildman–Crippen MR) is 138 cm³/mol. The van der Waals surface area contributed by atoms with Gasteiger partial charge in [0, 0.05) is 0 Å². The van der Waals surface area contributed by atoms with Crippen LogP contribution in [-0.2, 0) is 6.42 Å². The Morgan fingerprint density at radius 1 is 0.906 bits per heavy atom. The summed E-state index contributed by atoms with van der Waals surface area (Å²) < 4.78 is 15.0. The van der Waals surface area contributed by atoms with Crippen LogP contribution in [0.15, 0.2) is 29.8 Å². The van der Waals surface area contributed by atoms with Crippen molar-refractivity contribution in [2.45, 2.75) is 142 Å². The van der Waals surface area contributed by atoms with Gasteiger partial charge in [-0.1, -0.05) is 82.6 Å². The summed E-state index contributed by atoms with van der Waals surface area (Å²) in [6, 6.07) is 6.27. The lowest BCUT2D eigenvalue weighted by atomic mass is 9.66. The molecular weight excluding hydrogens is 391 g/mol. The summed E-state index contributed by atoms with van der Waals surface area (Å²) in [5, 5.41) is 0. The molecule has 0 aliphatic heterocycles. The van der Waals surface area contributed by atoms with Gasteiger partial charge in [-0.05, 0) is 106 Å². The summed E-state index contributed by atoms with van der Waals surface area (Å²) in [5.74, 6) is 0.521. The quantitative estimate of drug-likeness (QED) is 0.211. The fourth-order valence-corrected chi connectivity index (χ4v) is 6.34. The van der Waals surface area contributed by atoms with Crippen LogP contribution in [0, 0.1) is 11.2 Å². The number of benzene rings is 1. The van der Waals surface area contributed by atoms with Crippen molar-refractivity contribution in [1.82, 2.24) is 0 Å². The molecule has 0 bridgehead atoms. The molecule has 0 aromatic heterocycles. The number of hydrogen-bond acceptors (Lipinski definition) is 0. The van der Waals surface area contributed by atoms with E-state index in [0.29, 0.717) is 11.3 Å². The van der Waals surface area contributed by atoms with Gasteiger partial charge in [0.25, 0.3) is 0 Å². The SMILES string of the molecule is CCCCCC1(CCC(CC2=CCCCC2)c2ccc(CCCC)c(F)c2)CCCCC1. The van der Waals surface area contributed by atoms with E-state index in [0.717, 1.165) is 31.2 Å². The van der Waals surface area contributed by atoms with E-state index in [1.807, 2.05) is 6.07 Å². The summed E-state index contributed by atoms with van der Waals surface area (Å²) in [4.78, 5) is 0. The zero-order valence-corrected chi connectivity index (χ0v) is 21.2. The Morgan fingerprint density at radius 3 is 2.41 bits per heavy atom. The van der Waals surface area contributed by atoms with Gasteiger partial charge < -0.3 is 0 Å². The van der Waals surface area contributed by atoms with E-state index in [2.05, 4.69) is 32.1 Å².